The maximum atomic E-state index is 10.4. The molecule has 0 unspecified atom stereocenters. The SMILES string of the molecule is C.C.C=C(C)C(=O)OCC.C=CC(=O)OCC. The molecule has 4 nitrogen and oxygen atoms in total. The molecule has 4 heteroatoms. The highest BCUT2D eigenvalue weighted by molar-refractivity contribution is 5.86. The van der Waals surface area contributed by atoms with E-state index in [0.717, 1.165) is 6.08 Å². The van der Waals surface area contributed by atoms with Crippen molar-refractivity contribution in [1.82, 2.24) is 0 Å². The first-order valence-electron chi connectivity index (χ1n) is 4.61. The van der Waals surface area contributed by atoms with Crippen molar-refractivity contribution in [3.63, 3.8) is 0 Å². The van der Waals surface area contributed by atoms with Gasteiger partial charge < -0.3 is 9.47 Å². The molecule has 0 heterocycles. The van der Waals surface area contributed by atoms with Crippen molar-refractivity contribution in [2.45, 2.75) is 35.6 Å². The van der Waals surface area contributed by atoms with E-state index in [2.05, 4.69) is 22.6 Å². The summed E-state index contributed by atoms with van der Waals surface area (Å²) in [6.45, 7) is 12.6. The fraction of sp³-hybridized carbons (Fsp3) is 0.538. The van der Waals surface area contributed by atoms with E-state index < -0.39 is 0 Å². The predicted octanol–water partition coefficient (Wildman–Crippen LogP) is 3.13. The van der Waals surface area contributed by atoms with Gasteiger partial charge in [-0.15, -0.1) is 0 Å². The molecule has 0 aromatic rings. The van der Waals surface area contributed by atoms with Crippen molar-refractivity contribution >= 4 is 11.9 Å². The lowest BCUT2D eigenvalue weighted by Crippen LogP contribution is -2.03. The van der Waals surface area contributed by atoms with Crippen LogP contribution in [0.15, 0.2) is 24.8 Å². The van der Waals surface area contributed by atoms with Crippen LogP contribution in [0.1, 0.15) is 35.6 Å². The summed E-state index contributed by atoms with van der Waals surface area (Å²) in [5.41, 5.74) is 0.451. The number of hydrogen-bond acceptors (Lipinski definition) is 4. The quantitative estimate of drug-likeness (QED) is 0.565. The minimum absolute atomic E-state index is 0. The first-order chi connectivity index (χ1) is 6.99. The maximum absolute atomic E-state index is 10.4. The summed E-state index contributed by atoms with van der Waals surface area (Å²) in [4.78, 5) is 20.5. The van der Waals surface area contributed by atoms with Gasteiger partial charge >= 0.3 is 11.9 Å². The van der Waals surface area contributed by atoms with E-state index in [0.29, 0.717) is 18.8 Å². The molecule has 102 valence electrons. The molecule has 0 fully saturated rings. The monoisotopic (exact) mass is 246 g/mol. The van der Waals surface area contributed by atoms with E-state index in [1.165, 1.54) is 0 Å². The average molecular weight is 246 g/mol. The zero-order valence-corrected chi connectivity index (χ0v) is 9.54. The number of rotatable bonds is 4. The van der Waals surface area contributed by atoms with Gasteiger partial charge in [0.25, 0.3) is 0 Å². The van der Waals surface area contributed by atoms with E-state index in [1.54, 1.807) is 20.8 Å². The average Bonchev–Trinajstić information content (AvgIpc) is 2.19. The molecule has 0 N–H and O–H groups in total. The van der Waals surface area contributed by atoms with Crippen molar-refractivity contribution in [3.8, 4) is 0 Å². The zero-order chi connectivity index (χ0) is 12.3. The third-order valence-corrected chi connectivity index (χ3v) is 1.08. The van der Waals surface area contributed by atoms with Gasteiger partial charge in [0.1, 0.15) is 0 Å². The molecule has 0 aromatic heterocycles. The molecule has 0 bridgehead atoms. The Morgan fingerprint density at radius 2 is 1.53 bits per heavy atom. The summed E-state index contributed by atoms with van der Waals surface area (Å²) >= 11 is 0. The van der Waals surface area contributed by atoms with Gasteiger partial charge in [-0.2, -0.15) is 0 Å². The summed E-state index contributed by atoms with van der Waals surface area (Å²) in [5.74, 6) is -0.671. The van der Waals surface area contributed by atoms with Gasteiger partial charge in [-0.1, -0.05) is 28.0 Å². The van der Waals surface area contributed by atoms with Crippen LogP contribution in [-0.2, 0) is 19.1 Å². The fourth-order valence-corrected chi connectivity index (χ4v) is 0.455. The largest absolute Gasteiger partial charge is 0.463 e. The Bertz CT molecular complexity index is 232. The molecule has 0 aromatic carbocycles. The third kappa shape index (κ3) is 20.5. The van der Waals surface area contributed by atoms with Crippen LogP contribution in [0.2, 0.25) is 0 Å². The molecule has 0 aliphatic rings. The Morgan fingerprint density at radius 3 is 1.65 bits per heavy atom. The second-order valence-electron chi connectivity index (χ2n) is 2.46. The van der Waals surface area contributed by atoms with Gasteiger partial charge in [-0.05, 0) is 20.8 Å². The van der Waals surface area contributed by atoms with Crippen molar-refractivity contribution in [2.75, 3.05) is 13.2 Å². The normalized spacial score (nSPS) is 7.00. The lowest BCUT2D eigenvalue weighted by molar-refractivity contribution is -0.138. The first kappa shape index (κ1) is 24.6. The van der Waals surface area contributed by atoms with Gasteiger partial charge in [0, 0.05) is 11.6 Å². The summed E-state index contributed by atoms with van der Waals surface area (Å²) in [6.07, 6.45) is 1.14. The second kappa shape index (κ2) is 16.8. The lowest BCUT2D eigenvalue weighted by Gasteiger charge is -1.96. The van der Waals surface area contributed by atoms with Gasteiger partial charge in [-0.25, -0.2) is 9.59 Å². The van der Waals surface area contributed by atoms with E-state index in [1.807, 2.05) is 0 Å². The molecule has 0 aliphatic heterocycles. The Labute approximate surface area is 105 Å². The number of esters is 2. The summed E-state index contributed by atoms with van der Waals surface area (Å²) in [6, 6.07) is 0. The van der Waals surface area contributed by atoms with Crippen LogP contribution in [0, 0.1) is 0 Å². The highest BCUT2D eigenvalue weighted by Gasteiger charge is 1.98. The van der Waals surface area contributed by atoms with Crippen LogP contribution in [0.25, 0.3) is 0 Å². The summed E-state index contributed by atoms with van der Waals surface area (Å²) in [5, 5.41) is 0. The van der Waals surface area contributed by atoms with Gasteiger partial charge in [-0.3, -0.25) is 0 Å². The van der Waals surface area contributed by atoms with Gasteiger partial charge in [0.2, 0.25) is 0 Å². The number of ether oxygens (including phenoxy) is 2. The molecule has 0 saturated heterocycles. The van der Waals surface area contributed by atoms with Crippen molar-refractivity contribution in [3.05, 3.63) is 24.8 Å². The molecular formula is C13H26O4. The highest BCUT2D eigenvalue weighted by Crippen LogP contribution is 1.89. The molecule has 0 radical (unpaired) electrons. The summed E-state index contributed by atoms with van der Waals surface area (Å²) < 4.78 is 9.00. The lowest BCUT2D eigenvalue weighted by atomic mass is 10.4. The molecule has 0 atom stereocenters. The van der Waals surface area contributed by atoms with Crippen LogP contribution in [0.3, 0.4) is 0 Å². The van der Waals surface area contributed by atoms with E-state index in [9.17, 15) is 9.59 Å². The maximum Gasteiger partial charge on any atom is 0.333 e. The van der Waals surface area contributed by atoms with E-state index in [4.69, 9.17) is 0 Å². The Morgan fingerprint density at radius 1 is 1.12 bits per heavy atom. The molecule has 0 amide bonds. The molecule has 0 rings (SSSR count). The first-order valence-corrected chi connectivity index (χ1v) is 4.61. The second-order valence-corrected chi connectivity index (χ2v) is 2.46. The standard InChI is InChI=1S/C6H10O2.C5H8O2.2CH4/c1-4-8-6(7)5(2)3;1-3-5(6)7-4-2;;/h2,4H2,1,3H3;3H,1,4H2,2H3;2*1H4. The highest BCUT2D eigenvalue weighted by atomic mass is 16.5. The van der Waals surface area contributed by atoms with Crippen LogP contribution in [0.4, 0.5) is 0 Å². The number of hydrogen-bond donors (Lipinski definition) is 0. The molecular weight excluding hydrogens is 220 g/mol. The molecule has 17 heavy (non-hydrogen) atoms. The smallest absolute Gasteiger partial charge is 0.333 e. The fourth-order valence-electron chi connectivity index (χ4n) is 0.455. The van der Waals surface area contributed by atoms with Crippen molar-refractivity contribution in [1.29, 1.82) is 0 Å². The van der Waals surface area contributed by atoms with E-state index >= 15 is 0 Å². The topological polar surface area (TPSA) is 52.6 Å². The third-order valence-electron chi connectivity index (χ3n) is 1.08. The molecule has 0 aliphatic carbocycles. The van der Waals surface area contributed by atoms with Crippen LogP contribution < -0.4 is 0 Å². The van der Waals surface area contributed by atoms with Crippen LogP contribution in [-0.4, -0.2) is 25.2 Å². The van der Waals surface area contributed by atoms with Crippen molar-refractivity contribution < 1.29 is 19.1 Å². The predicted molar refractivity (Wildman–Crippen MR) is 71.7 cm³/mol. The number of carbonyl (C=O) groups excluding carboxylic acids is 2. The minimum Gasteiger partial charge on any atom is -0.463 e. The Kier molecular flexibility index (Phi) is 24.3. The Hall–Kier alpha value is -1.58. The molecule has 0 spiro atoms. The van der Waals surface area contributed by atoms with E-state index in [-0.39, 0.29) is 26.8 Å². The van der Waals surface area contributed by atoms with Crippen molar-refractivity contribution in [2.24, 2.45) is 0 Å². The Balaban J connectivity index is -0.0000000896. The van der Waals surface area contributed by atoms with Crippen LogP contribution >= 0.6 is 0 Å². The van der Waals surface area contributed by atoms with Crippen LogP contribution in [0.5, 0.6) is 0 Å². The zero-order valence-electron chi connectivity index (χ0n) is 9.54. The molecule has 0 saturated carbocycles. The number of carbonyl (C=O) groups is 2. The van der Waals surface area contributed by atoms with Gasteiger partial charge in [0.05, 0.1) is 13.2 Å². The minimum atomic E-state index is -0.359. The van der Waals surface area contributed by atoms with Gasteiger partial charge in [0.15, 0.2) is 0 Å². The summed E-state index contributed by atoms with van der Waals surface area (Å²) in [7, 11) is 0.